The Hall–Kier alpha value is -0.710. The number of nitrogens with zero attached hydrogens (tertiary/aromatic N) is 1. The van der Waals surface area contributed by atoms with Crippen LogP contribution in [0, 0.1) is 0 Å². The first kappa shape index (κ1) is 12.4. The third kappa shape index (κ3) is 2.27. The molecule has 0 aromatic heterocycles. The molecule has 0 spiro atoms. The normalized spacial score (nSPS) is 25.2. The van der Waals surface area contributed by atoms with Gasteiger partial charge in [-0.05, 0) is 18.6 Å². The van der Waals surface area contributed by atoms with E-state index in [1.807, 2.05) is 6.92 Å². The molecular formula is C10H17NO3S. The molecule has 5 heteroatoms. The van der Waals surface area contributed by atoms with E-state index in [9.17, 15) is 14.7 Å². The van der Waals surface area contributed by atoms with Crippen LogP contribution in [0.2, 0.25) is 0 Å². The molecule has 1 heterocycles. The quantitative estimate of drug-likeness (QED) is 0.790. The Balaban J connectivity index is 2.94. The number of carbonyl (C=O) groups is 2. The second-order valence-corrected chi connectivity index (χ2v) is 4.92. The number of amides is 1. The summed E-state index contributed by atoms with van der Waals surface area (Å²) in [5.41, 5.74) is -0.952. The molecule has 1 unspecified atom stereocenters. The first-order valence-corrected chi connectivity index (χ1v) is 6.29. The number of hydrogen-bond donors (Lipinski definition) is 1. The van der Waals surface area contributed by atoms with Crippen LogP contribution >= 0.6 is 11.8 Å². The summed E-state index contributed by atoms with van der Waals surface area (Å²) >= 11 is 1.61. The molecule has 1 rings (SSSR count). The minimum Gasteiger partial charge on any atom is -0.479 e. The average Bonchev–Trinajstić information content (AvgIpc) is 2.63. The summed E-state index contributed by atoms with van der Waals surface area (Å²) < 4.78 is 0. The van der Waals surface area contributed by atoms with E-state index >= 15 is 0 Å². The molecule has 0 bridgehead atoms. The van der Waals surface area contributed by atoms with Crippen molar-refractivity contribution in [1.29, 1.82) is 0 Å². The van der Waals surface area contributed by atoms with Crippen LogP contribution in [0.15, 0.2) is 0 Å². The summed E-state index contributed by atoms with van der Waals surface area (Å²) in [7, 11) is 0. The lowest BCUT2D eigenvalue weighted by Gasteiger charge is -2.36. The molecule has 1 aliphatic rings. The maximum absolute atomic E-state index is 11.5. The van der Waals surface area contributed by atoms with Crippen LogP contribution in [0.25, 0.3) is 0 Å². The van der Waals surface area contributed by atoms with E-state index in [0.717, 1.165) is 12.2 Å². The van der Waals surface area contributed by atoms with Crippen LogP contribution in [0.4, 0.5) is 0 Å². The smallest absolute Gasteiger partial charge is 0.330 e. The summed E-state index contributed by atoms with van der Waals surface area (Å²) in [4.78, 5) is 24.3. The summed E-state index contributed by atoms with van der Waals surface area (Å²) in [5.74, 6) is 0.333. The Labute approximate surface area is 94.0 Å². The highest BCUT2D eigenvalue weighted by Gasteiger charge is 2.47. The summed E-state index contributed by atoms with van der Waals surface area (Å²) in [6, 6.07) is 0. The van der Waals surface area contributed by atoms with Crippen molar-refractivity contribution in [2.24, 2.45) is 0 Å². The third-order valence-electron chi connectivity index (χ3n) is 2.74. The van der Waals surface area contributed by atoms with Crippen molar-refractivity contribution in [1.82, 2.24) is 4.90 Å². The minimum absolute atomic E-state index is 0.137. The molecular weight excluding hydrogens is 214 g/mol. The lowest BCUT2D eigenvalue weighted by Crippen LogP contribution is -2.57. The van der Waals surface area contributed by atoms with E-state index in [1.54, 1.807) is 11.8 Å². The van der Waals surface area contributed by atoms with Crippen LogP contribution in [0.3, 0.4) is 0 Å². The zero-order valence-corrected chi connectivity index (χ0v) is 9.97. The molecule has 0 aromatic rings. The maximum atomic E-state index is 11.5. The van der Waals surface area contributed by atoms with Crippen molar-refractivity contribution in [2.45, 2.75) is 32.2 Å². The fraction of sp³-hybridized carbons (Fsp3) is 0.800. The molecule has 15 heavy (non-hydrogen) atoms. The number of carboxylic acid groups (broad SMARTS) is 1. The van der Waals surface area contributed by atoms with Crippen LogP contribution in [0.5, 0.6) is 0 Å². The van der Waals surface area contributed by atoms with Gasteiger partial charge in [-0.25, -0.2) is 4.79 Å². The average molecular weight is 231 g/mol. The molecule has 4 nitrogen and oxygen atoms in total. The fourth-order valence-corrected chi connectivity index (χ4v) is 3.34. The SMILES string of the molecule is CCCN(C(C)=O)C1(C(=O)O)CCSC1. The lowest BCUT2D eigenvalue weighted by molar-refractivity contribution is -0.156. The predicted molar refractivity (Wildman–Crippen MR) is 60.0 cm³/mol. The number of aliphatic carboxylic acids is 1. The standard InChI is InChI=1S/C10H17NO3S/c1-3-5-11(8(2)12)10(9(13)14)4-6-15-7-10/h3-7H2,1-2H3,(H,13,14). The van der Waals surface area contributed by atoms with Gasteiger partial charge >= 0.3 is 5.97 Å². The van der Waals surface area contributed by atoms with E-state index in [4.69, 9.17) is 0 Å². The van der Waals surface area contributed by atoms with Crippen LogP contribution in [-0.4, -0.2) is 45.5 Å². The molecule has 86 valence electrons. The highest BCUT2D eigenvalue weighted by molar-refractivity contribution is 7.99. The van der Waals surface area contributed by atoms with Crippen molar-refractivity contribution in [3.8, 4) is 0 Å². The zero-order chi connectivity index (χ0) is 11.5. The van der Waals surface area contributed by atoms with Crippen LogP contribution < -0.4 is 0 Å². The number of rotatable bonds is 4. The van der Waals surface area contributed by atoms with E-state index < -0.39 is 11.5 Å². The molecule has 0 aliphatic carbocycles. The van der Waals surface area contributed by atoms with Gasteiger partial charge in [0.2, 0.25) is 5.91 Å². The van der Waals surface area contributed by atoms with Gasteiger partial charge in [-0.3, -0.25) is 4.79 Å². The molecule has 1 atom stereocenters. The molecule has 0 aromatic carbocycles. The zero-order valence-electron chi connectivity index (χ0n) is 9.15. The Morgan fingerprint density at radius 3 is 2.53 bits per heavy atom. The summed E-state index contributed by atoms with van der Waals surface area (Å²) in [5, 5.41) is 9.30. The molecule has 1 saturated heterocycles. The van der Waals surface area contributed by atoms with E-state index in [0.29, 0.717) is 18.7 Å². The number of thioether (sulfide) groups is 1. The van der Waals surface area contributed by atoms with Gasteiger partial charge in [0, 0.05) is 19.2 Å². The van der Waals surface area contributed by atoms with Crippen molar-refractivity contribution in [2.75, 3.05) is 18.1 Å². The Kier molecular flexibility index (Phi) is 4.02. The molecule has 0 radical (unpaired) electrons. The van der Waals surface area contributed by atoms with Crippen molar-refractivity contribution < 1.29 is 14.7 Å². The van der Waals surface area contributed by atoms with E-state index in [1.165, 1.54) is 11.8 Å². The molecule has 1 fully saturated rings. The number of hydrogen-bond acceptors (Lipinski definition) is 3. The second kappa shape index (κ2) is 4.88. The van der Waals surface area contributed by atoms with Crippen LogP contribution in [0.1, 0.15) is 26.7 Å². The molecule has 1 aliphatic heterocycles. The van der Waals surface area contributed by atoms with Crippen molar-refractivity contribution in [3.63, 3.8) is 0 Å². The highest BCUT2D eigenvalue weighted by atomic mass is 32.2. The molecule has 1 amide bonds. The van der Waals surface area contributed by atoms with Gasteiger partial charge in [0.25, 0.3) is 0 Å². The Morgan fingerprint density at radius 2 is 2.20 bits per heavy atom. The summed E-state index contributed by atoms with van der Waals surface area (Å²) in [6.07, 6.45) is 1.35. The van der Waals surface area contributed by atoms with Gasteiger partial charge in [0.15, 0.2) is 0 Å². The van der Waals surface area contributed by atoms with Crippen molar-refractivity contribution >= 4 is 23.6 Å². The number of carboxylic acids is 1. The topological polar surface area (TPSA) is 57.6 Å². The number of carbonyl (C=O) groups excluding carboxylic acids is 1. The Morgan fingerprint density at radius 1 is 1.53 bits per heavy atom. The second-order valence-electron chi connectivity index (χ2n) is 3.81. The van der Waals surface area contributed by atoms with Gasteiger partial charge in [-0.15, -0.1) is 0 Å². The lowest BCUT2D eigenvalue weighted by atomic mass is 9.96. The largest absolute Gasteiger partial charge is 0.479 e. The third-order valence-corrected chi connectivity index (χ3v) is 3.92. The van der Waals surface area contributed by atoms with Crippen molar-refractivity contribution in [3.05, 3.63) is 0 Å². The van der Waals surface area contributed by atoms with Gasteiger partial charge in [0.1, 0.15) is 5.54 Å². The molecule has 0 saturated carbocycles. The van der Waals surface area contributed by atoms with E-state index in [2.05, 4.69) is 0 Å². The predicted octanol–water partition coefficient (Wildman–Crippen LogP) is 1.21. The van der Waals surface area contributed by atoms with Gasteiger partial charge in [-0.1, -0.05) is 6.92 Å². The fourth-order valence-electron chi connectivity index (χ4n) is 1.95. The molecule has 1 N–H and O–H groups in total. The van der Waals surface area contributed by atoms with E-state index in [-0.39, 0.29) is 5.91 Å². The first-order valence-electron chi connectivity index (χ1n) is 5.14. The van der Waals surface area contributed by atoms with Gasteiger partial charge in [0.05, 0.1) is 0 Å². The van der Waals surface area contributed by atoms with Gasteiger partial charge < -0.3 is 10.0 Å². The van der Waals surface area contributed by atoms with Gasteiger partial charge in [-0.2, -0.15) is 11.8 Å². The summed E-state index contributed by atoms with van der Waals surface area (Å²) in [6.45, 7) is 3.93. The Bertz CT molecular complexity index is 261. The first-order chi connectivity index (χ1) is 7.04. The maximum Gasteiger partial charge on any atom is 0.330 e. The van der Waals surface area contributed by atoms with Crippen LogP contribution in [-0.2, 0) is 9.59 Å². The minimum atomic E-state index is -0.952. The monoisotopic (exact) mass is 231 g/mol. The highest BCUT2D eigenvalue weighted by Crippen LogP contribution is 2.34.